The SMILES string of the molecule is O=C(c1ccc(-c2ccccc2Cl)o1)N1CCC(F)(C(=O)O)C1. The first-order chi connectivity index (χ1) is 10.9. The molecule has 120 valence electrons. The van der Waals surface area contributed by atoms with E-state index in [1.165, 1.54) is 6.07 Å². The smallest absolute Gasteiger partial charge is 0.343 e. The Kier molecular flexibility index (Phi) is 3.85. The molecule has 1 fully saturated rings. The highest BCUT2D eigenvalue weighted by Crippen LogP contribution is 2.31. The molecule has 0 bridgehead atoms. The van der Waals surface area contributed by atoms with Crippen LogP contribution in [0.1, 0.15) is 17.0 Å². The third-order valence-electron chi connectivity index (χ3n) is 3.85. The van der Waals surface area contributed by atoms with Crippen LogP contribution in [-0.2, 0) is 4.79 Å². The van der Waals surface area contributed by atoms with Gasteiger partial charge in [0.15, 0.2) is 5.76 Å². The molecule has 1 atom stereocenters. The molecule has 5 nitrogen and oxygen atoms in total. The molecule has 1 N–H and O–H groups in total. The lowest BCUT2D eigenvalue weighted by Gasteiger charge is -2.16. The largest absolute Gasteiger partial charge is 0.479 e. The maximum Gasteiger partial charge on any atom is 0.343 e. The third-order valence-corrected chi connectivity index (χ3v) is 4.18. The maximum absolute atomic E-state index is 14.0. The number of alkyl halides is 1. The first-order valence-electron chi connectivity index (χ1n) is 6.97. The number of hydrogen-bond donors (Lipinski definition) is 1. The van der Waals surface area contributed by atoms with Gasteiger partial charge in [0.1, 0.15) is 5.76 Å². The molecule has 2 aromatic rings. The quantitative estimate of drug-likeness (QED) is 0.933. The van der Waals surface area contributed by atoms with Crippen molar-refractivity contribution in [2.45, 2.75) is 12.1 Å². The average molecular weight is 338 g/mol. The number of rotatable bonds is 3. The predicted molar refractivity (Wildman–Crippen MR) is 81.1 cm³/mol. The van der Waals surface area contributed by atoms with Crippen LogP contribution in [0.4, 0.5) is 4.39 Å². The zero-order chi connectivity index (χ0) is 16.6. The van der Waals surface area contributed by atoms with Gasteiger partial charge in [0, 0.05) is 18.5 Å². The van der Waals surface area contributed by atoms with Crippen molar-refractivity contribution in [1.82, 2.24) is 4.90 Å². The van der Waals surface area contributed by atoms with Crippen LogP contribution in [0.15, 0.2) is 40.8 Å². The molecule has 1 amide bonds. The van der Waals surface area contributed by atoms with E-state index in [2.05, 4.69) is 0 Å². The van der Waals surface area contributed by atoms with Crippen molar-refractivity contribution in [2.24, 2.45) is 0 Å². The second kappa shape index (κ2) is 5.70. The summed E-state index contributed by atoms with van der Waals surface area (Å²) in [7, 11) is 0. The van der Waals surface area contributed by atoms with E-state index in [1.54, 1.807) is 30.3 Å². The van der Waals surface area contributed by atoms with Gasteiger partial charge in [-0.05, 0) is 24.3 Å². The molecule has 1 aromatic heterocycles. The summed E-state index contributed by atoms with van der Waals surface area (Å²) < 4.78 is 19.6. The fourth-order valence-electron chi connectivity index (χ4n) is 2.54. The van der Waals surface area contributed by atoms with E-state index >= 15 is 0 Å². The fraction of sp³-hybridized carbons (Fsp3) is 0.250. The van der Waals surface area contributed by atoms with Gasteiger partial charge in [-0.3, -0.25) is 4.79 Å². The summed E-state index contributed by atoms with van der Waals surface area (Å²) in [5.41, 5.74) is -1.76. The molecule has 0 spiro atoms. The van der Waals surface area contributed by atoms with Crippen molar-refractivity contribution < 1.29 is 23.5 Å². The molecular formula is C16H13ClFNO4. The number of aliphatic carboxylic acids is 1. The van der Waals surface area contributed by atoms with Gasteiger partial charge in [0.2, 0.25) is 5.67 Å². The number of carbonyl (C=O) groups excluding carboxylic acids is 1. The number of carbonyl (C=O) groups is 2. The number of amides is 1. The maximum atomic E-state index is 14.0. The normalized spacial score (nSPS) is 20.7. The number of likely N-dealkylation sites (tertiary alicyclic amines) is 1. The zero-order valence-electron chi connectivity index (χ0n) is 12.0. The highest BCUT2D eigenvalue weighted by Gasteiger charge is 2.47. The van der Waals surface area contributed by atoms with Gasteiger partial charge in [-0.25, -0.2) is 9.18 Å². The topological polar surface area (TPSA) is 70.8 Å². The van der Waals surface area contributed by atoms with Crippen molar-refractivity contribution >= 4 is 23.5 Å². The van der Waals surface area contributed by atoms with Gasteiger partial charge in [-0.15, -0.1) is 0 Å². The molecule has 3 rings (SSSR count). The fourth-order valence-corrected chi connectivity index (χ4v) is 2.76. The van der Waals surface area contributed by atoms with E-state index in [-0.39, 0.29) is 18.7 Å². The highest BCUT2D eigenvalue weighted by atomic mass is 35.5. The van der Waals surface area contributed by atoms with Gasteiger partial charge >= 0.3 is 5.97 Å². The summed E-state index contributed by atoms with van der Waals surface area (Å²) in [4.78, 5) is 24.4. The second-order valence-electron chi connectivity index (χ2n) is 5.39. The molecule has 1 aliphatic rings. The van der Waals surface area contributed by atoms with Crippen molar-refractivity contribution in [1.29, 1.82) is 0 Å². The summed E-state index contributed by atoms with van der Waals surface area (Å²) in [5, 5.41) is 9.36. The van der Waals surface area contributed by atoms with Crippen LogP contribution in [0.25, 0.3) is 11.3 Å². The molecule has 23 heavy (non-hydrogen) atoms. The number of hydrogen-bond acceptors (Lipinski definition) is 3. The molecule has 0 aliphatic carbocycles. The lowest BCUT2D eigenvalue weighted by molar-refractivity contribution is -0.149. The zero-order valence-corrected chi connectivity index (χ0v) is 12.7. The van der Waals surface area contributed by atoms with Gasteiger partial charge < -0.3 is 14.4 Å². The molecule has 1 aromatic carbocycles. The minimum atomic E-state index is -2.40. The number of furan rings is 1. The Hall–Kier alpha value is -2.34. The number of nitrogens with zero attached hydrogens (tertiary/aromatic N) is 1. The number of carboxylic acid groups (broad SMARTS) is 1. The third kappa shape index (κ3) is 2.82. The van der Waals surface area contributed by atoms with Crippen molar-refractivity contribution in [3.63, 3.8) is 0 Å². The van der Waals surface area contributed by atoms with Crippen LogP contribution >= 0.6 is 11.6 Å². The Morgan fingerprint density at radius 1 is 1.26 bits per heavy atom. The molecule has 2 heterocycles. The average Bonchev–Trinajstić information content (AvgIpc) is 3.15. The first kappa shape index (κ1) is 15.6. The molecule has 1 unspecified atom stereocenters. The highest BCUT2D eigenvalue weighted by molar-refractivity contribution is 6.33. The minimum absolute atomic E-state index is 0.0227. The molecule has 1 saturated heterocycles. The van der Waals surface area contributed by atoms with Crippen LogP contribution in [0.2, 0.25) is 5.02 Å². The number of benzene rings is 1. The summed E-state index contributed by atoms with van der Waals surface area (Å²) in [6.45, 7) is -0.451. The van der Waals surface area contributed by atoms with Gasteiger partial charge in [-0.1, -0.05) is 23.7 Å². The Bertz CT molecular complexity index is 775. The summed E-state index contributed by atoms with van der Waals surface area (Å²) in [6.07, 6.45) is -0.230. The number of carboxylic acids is 1. The Labute approximate surface area is 136 Å². The van der Waals surface area contributed by atoms with Gasteiger partial charge in [0.05, 0.1) is 11.6 Å². The van der Waals surface area contributed by atoms with Crippen LogP contribution in [0, 0.1) is 0 Å². The summed E-state index contributed by atoms with van der Waals surface area (Å²) in [5.74, 6) is -1.65. The predicted octanol–water partition coefficient (Wildman–Crippen LogP) is 3.24. The first-order valence-corrected chi connectivity index (χ1v) is 7.35. The van der Waals surface area contributed by atoms with E-state index < -0.39 is 24.1 Å². The van der Waals surface area contributed by atoms with Crippen molar-refractivity contribution in [2.75, 3.05) is 13.1 Å². The van der Waals surface area contributed by atoms with Gasteiger partial charge in [-0.2, -0.15) is 0 Å². The molecule has 0 saturated carbocycles. The van der Waals surface area contributed by atoms with Crippen LogP contribution < -0.4 is 0 Å². The van der Waals surface area contributed by atoms with Gasteiger partial charge in [0.25, 0.3) is 5.91 Å². The summed E-state index contributed by atoms with van der Waals surface area (Å²) in [6, 6.07) is 10.1. The summed E-state index contributed by atoms with van der Waals surface area (Å²) >= 11 is 6.08. The lowest BCUT2D eigenvalue weighted by atomic mass is 10.1. The Balaban J connectivity index is 1.80. The molecule has 0 radical (unpaired) electrons. The lowest BCUT2D eigenvalue weighted by Crippen LogP contribution is -2.38. The van der Waals surface area contributed by atoms with E-state index in [0.29, 0.717) is 16.3 Å². The Morgan fingerprint density at radius 3 is 2.65 bits per heavy atom. The van der Waals surface area contributed by atoms with Crippen molar-refractivity contribution in [3.05, 3.63) is 47.2 Å². The minimum Gasteiger partial charge on any atom is -0.479 e. The molecule has 1 aliphatic heterocycles. The Morgan fingerprint density at radius 2 is 2.00 bits per heavy atom. The van der Waals surface area contributed by atoms with E-state index in [0.717, 1.165) is 4.90 Å². The van der Waals surface area contributed by atoms with E-state index in [9.17, 15) is 14.0 Å². The molecule has 7 heteroatoms. The second-order valence-corrected chi connectivity index (χ2v) is 5.80. The molecular weight excluding hydrogens is 325 g/mol. The van der Waals surface area contributed by atoms with Crippen LogP contribution in [-0.4, -0.2) is 40.6 Å². The van der Waals surface area contributed by atoms with Crippen LogP contribution in [0.3, 0.4) is 0 Å². The van der Waals surface area contributed by atoms with E-state index in [4.69, 9.17) is 21.1 Å². The van der Waals surface area contributed by atoms with E-state index in [1.807, 2.05) is 0 Å². The monoisotopic (exact) mass is 337 g/mol. The standard InChI is InChI=1S/C16H13ClFNO4/c17-11-4-2-1-3-10(11)12-5-6-13(23-12)14(20)19-8-7-16(18,9-19)15(21)22/h1-6H,7-9H2,(H,21,22). The number of halogens is 2. The van der Waals surface area contributed by atoms with Crippen molar-refractivity contribution in [3.8, 4) is 11.3 Å². The van der Waals surface area contributed by atoms with Crippen LogP contribution in [0.5, 0.6) is 0 Å².